The first-order valence-corrected chi connectivity index (χ1v) is 17.2. The number of pyridine rings is 1. The fraction of sp³-hybridized carbons (Fsp3) is 0.0513. The van der Waals surface area contributed by atoms with Crippen LogP contribution in [0.1, 0.15) is 26.7 Å². The number of aromatic nitrogens is 2. The Kier molecular flexibility index (Phi) is 11.1. The first-order chi connectivity index (χ1) is 24.4. The molecule has 248 valence electrons. The highest BCUT2D eigenvalue weighted by molar-refractivity contribution is 8.00. The number of thioether (sulfide) groups is 1. The van der Waals surface area contributed by atoms with E-state index >= 15 is 0 Å². The van der Waals surface area contributed by atoms with Crippen molar-refractivity contribution < 1.29 is 19.1 Å². The van der Waals surface area contributed by atoms with Gasteiger partial charge >= 0.3 is 0 Å². The normalized spacial score (nSPS) is 11.7. The number of methoxy groups -OCH3 is 1. The number of amides is 3. The third-order valence-corrected chi connectivity index (χ3v) is 9.32. The van der Waals surface area contributed by atoms with Crippen molar-refractivity contribution >= 4 is 57.7 Å². The van der Waals surface area contributed by atoms with Gasteiger partial charge in [-0.1, -0.05) is 72.8 Å². The van der Waals surface area contributed by atoms with Crippen LogP contribution in [0, 0.1) is 0 Å². The van der Waals surface area contributed by atoms with Crippen molar-refractivity contribution in [3.05, 3.63) is 161 Å². The second-order valence-corrected chi connectivity index (χ2v) is 12.9. The molecule has 50 heavy (non-hydrogen) atoms. The van der Waals surface area contributed by atoms with Gasteiger partial charge in [-0.15, -0.1) is 23.1 Å². The smallest absolute Gasteiger partial charge is 0.272 e. The molecule has 2 aromatic heterocycles. The molecule has 0 spiro atoms. The molecular weight excluding hydrogens is 667 g/mol. The van der Waals surface area contributed by atoms with E-state index in [9.17, 15) is 14.4 Å². The standard InChI is InChI=1S/C39H31N5O4S2/c1-48-31-18-8-16-29(22-31)34-25-49-39(43-34)44-38(47)35(27-12-4-2-5-13-27)50-32-19-9-17-30(23-32)41-37(46)33(21-26-11-10-20-40-24-26)42-36(45)28-14-6-3-7-15-28/h2-25,35H,1H3,(H,41,46)(H,42,45)(H,43,44,47)/b33-21-. The summed E-state index contributed by atoms with van der Waals surface area (Å²) >= 11 is 2.68. The predicted molar refractivity (Wildman–Crippen MR) is 199 cm³/mol. The molecule has 1 atom stereocenters. The van der Waals surface area contributed by atoms with Gasteiger partial charge in [-0.25, -0.2) is 4.98 Å². The minimum absolute atomic E-state index is 0.0446. The zero-order valence-corrected chi connectivity index (χ0v) is 28.4. The van der Waals surface area contributed by atoms with Crippen LogP contribution < -0.4 is 20.7 Å². The van der Waals surface area contributed by atoms with Gasteiger partial charge in [0, 0.05) is 39.5 Å². The number of carbonyl (C=O) groups excluding carboxylic acids is 3. The van der Waals surface area contributed by atoms with E-state index in [2.05, 4.69) is 25.9 Å². The van der Waals surface area contributed by atoms with Crippen LogP contribution in [-0.2, 0) is 9.59 Å². The molecule has 3 N–H and O–H groups in total. The molecule has 0 saturated carbocycles. The van der Waals surface area contributed by atoms with Gasteiger partial charge in [0.2, 0.25) is 5.91 Å². The van der Waals surface area contributed by atoms with Crippen molar-refractivity contribution in [1.82, 2.24) is 15.3 Å². The van der Waals surface area contributed by atoms with E-state index in [1.807, 2.05) is 72.1 Å². The maximum Gasteiger partial charge on any atom is 0.272 e. The number of benzene rings is 4. The van der Waals surface area contributed by atoms with Gasteiger partial charge in [0.1, 0.15) is 16.7 Å². The van der Waals surface area contributed by atoms with Crippen molar-refractivity contribution in [2.24, 2.45) is 0 Å². The zero-order chi connectivity index (χ0) is 34.7. The average Bonchev–Trinajstić information content (AvgIpc) is 3.63. The lowest BCUT2D eigenvalue weighted by Gasteiger charge is -2.17. The lowest BCUT2D eigenvalue weighted by atomic mass is 10.1. The van der Waals surface area contributed by atoms with Gasteiger partial charge < -0.3 is 20.7 Å². The highest BCUT2D eigenvalue weighted by Crippen LogP contribution is 2.38. The minimum Gasteiger partial charge on any atom is -0.497 e. The molecule has 4 aromatic carbocycles. The molecule has 9 nitrogen and oxygen atoms in total. The quantitative estimate of drug-likeness (QED) is 0.0873. The van der Waals surface area contributed by atoms with E-state index in [4.69, 9.17) is 4.74 Å². The lowest BCUT2D eigenvalue weighted by molar-refractivity contribution is -0.116. The molecule has 0 saturated heterocycles. The number of thiazole rings is 1. The zero-order valence-electron chi connectivity index (χ0n) is 26.8. The van der Waals surface area contributed by atoms with Gasteiger partial charge in [-0.05, 0) is 65.7 Å². The Morgan fingerprint density at radius 1 is 0.840 bits per heavy atom. The number of rotatable bonds is 12. The number of anilines is 2. The van der Waals surface area contributed by atoms with Gasteiger partial charge in [0.15, 0.2) is 5.13 Å². The second kappa shape index (κ2) is 16.4. The van der Waals surface area contributed by atoms with Crippen LogP contribution in [0.3, 0.4) is 0 Å². The van der Waals surface area contributed by atoms with Crippen LogP contribution in [0.2, 0.25) is 0 Å². The molecule has 0 bridgehead atoms. The summed E-state index contributed by atoms with van der Waals surface area (Å²) in [4.78, 5) is 49.9. The van der Waals surface area contributed by atoms with E-state index in [0.29, 0.717) is 21.9 Å². The average molecular weight is 698 g/mol. The SMILES string of the molecule is COc1cccc(-c2csc(NC(=O)C(Sc3cccc(NC(=O)/C(=C/c4cccnc4)NC(=O)c4ccccc4)c3)c3ccccc3)n2)c1. The second-order valence-electron chi connectivity index (χ2n) is 10.8. The third kappa shape index (κ3) is 8.90. The van der Waals surface area contributed by atoms with Gasteiger partial charge in [0.25, 0.3) is 11.8 Å². The Hall–Kier alpha value is -6.04. The van der Waals surface area contributed by atoms with Crippen molar-refractivity contribution in [3.63, 3.8) is 0 Å². The van der Waals surface area contributed by atoms with E-state index in [1.54, 1.807) is 80.2 Å². The largest absolute Gasteiger partial charge is 0.497 e. The summed E-state index contributed by atoms with van der Waals surface area (Å²) in [7, 11) is 1.61. The van der Waals surface area contributed by atoms with Crippen LogP contribution in [0.4, 0.5) is 10.8 Å². The van der Waals surface area contributed by atoms with Crippen molar-refractivity contribution in [3.8, 4) is 17.0 Å². The lowest BCUT2D eigenvalue weighted by Crippen LogP contribution is -2.30. The van der Waals surface area contributed by atoms with Gasteiger partial charge in [0.05, 0.1) is 12.8 Å². The number of carbonyl (C=O) groups is 3. The van der Waals surface area contributed by atoms with E-state index < -0.39 is 17.1 Å². The van der Waals surface area contributed by atoms with Crippen LogP contribution >= 0.6 is 23.1 Å². The Balaban J connectivity index is 1.20. The minimum atomic E-state index is -0.627. The number of hydrogen-bond acceptors (Lipinski definition) is 8. The van der Waals surface area contributed by atoms with Crippen molar-refractivity contribution in [2.75, 3.05) is 17.7 Å². The molecular formula is C39H31N5O4S2. The molecule has 0 radical (unpaired) electrons. The molecule has 0 aliphatic carbocycles. The molecule has 11 heteroatoms. The van der Waals surface area contributed by atoms with Gasteiger partial charge in [-0.3, -0.25) is 19.4 Å². The van der Waals surface area contributed by atoms with Crippen LogP contribution in [0.5, 0.6) is 5.75 Å². The van der Waals surface area contributed by atoms with E-state index in [-0.39, 0.29) is 11.6 Å². The molecule has 2 heterocycles. The summed E-state index contributed by atoms with van der Waals surface area (Å²) in [6.07, 6.45) is 4.79. The molecule has 3 amide bonds. The fourth-order valence-corrected chi connectivity index (χ4v) is 6.68. The summed E-state index contributed by atoms with van der Waals surface area (Å²) in [5.74, 6) is -0.466. The highest BCUT2D eigenvalue weighted by atomic mass is 32.2. The molecule has 6 rings (SSSR count). The Morgan fingerprint density at radius 3 is 2.38 bits per heavy atom. The number of nitrogens with one attached hydrogen (secondary N) is 3. The van der Waals surface area contributed by atoms with E-state index in [1.165, 1.54) is 23.1 Å². The maximum absolute atomic E-state index is 13.8. The van der Waals surface area contributed by atoms with E-state index in [0.717, 1.165) is 27.5 Å². The third-order valence-electron chi connectivity index (χ3n) is 7.31. The van der Waals surface area contributed by atoms with Crippen LogP contribution in [0.15, 0.2) is 150 Å². The fourth-order valence-electron chi connectivity index (χ4n) is 4.87. The monoisotopic (exact) mass is 697 g/mol. The maximum atomic E-state index is 13.8. The summed E-state index contributed by atoms with van der Waals surface area (Å²) in [5, 5.41) is 10.4. The Morgan fingerprint density at radius 2 is 1.62 bits per heavy atom. The molecule has 6 aromatic rings. The van der Waals surface area contributed by atoms with Gasteiger partial charge in [-0.2, -0.15) is 0 Å². The van der Waals surface area contributed by atoms with Crippen molar-refractivity contribution in [2.45, 2.75) is 10.1 Å². The Bertz CT molecular complexity index is 2120. The van der Waals surface area contributed by atoms with Crippen LogP contribution in [0.25, 0.3) is 17.3 Å². The molecule has 0 aliphatic heterocycles. The summed E-state index contributed by atoms with van der Waals surface area (Å²) < 4.78 is 5.34. The predicted octanol–water partition coefficient (Wildman–Crippen LogP) is 8.10. The summed E-state index contributed by atoms with van der Waals surface area (Å²) in [5.41, 5.74) is 4.00. The Labute approximate surface area is 297 Å². The highest BCUT2D eigenvalue weighted by Gasteiger charge is 2.24. The number of hydrogen-bond donors (Lipinski definition) is 3. The molecule has 1 unspecified atom stereocenters. The van der Waals surface area contributed by atoms with Crippen LogP contribution in [-0.4, -0.2) is 34.8 Å². The van der Waals surface area contributed by atoms with Crippen molar-refractivity contribution in [1.29, 1.82) is 0 Å². The number of ether oxygens (including phenoxy) is 1. The molecule has 0 fully saturated rings. The summed E-state index contributed by atoms with van der Waals surface area (Å²) in [6, 6.07) is 36.4. The summed E-state index contributed by atoms with van der Waals surface area (Å²) in [6.45, 7) is 0. The first-order valence-electron chi connectivity index (χ1n) is 15.5. The topological polar surface area (TPSA) is 122 Å². The molecule has 0 aliphatic rings. The number of nitrogens with zero attached hydrogens (tertiary/aromatic N) is 2. The first kappa shape index (κ1) is 33.8.